The van der Waals surface area contributed by atoms with Crippen LogP contribution in [0.4, 0.5) is 5.69 Å². The molecule has 4 aromatic rings. The summed E-state index contributed by atoms with van der Waals surface area (Å²) in [6.45, 7) is 1.81. The van der Waals surface area contributed by atoms with Crippen LogP contribution in [0.25, 0.3) is 20.7 Å². The summed E-state index contributed by atoms with van der Waals surface area (Å²) in [5.41, 5.74) is 1.09. The summed E-state index contributed by atoms with van der Waals surface area (Å²) >= 11 is 1.39. The fourth-order valence-corrected chi connectivity index (χ4v) is 4.38. The highest BCUT2D eigenvalue weighted by molar-refractivity contribution is 7.21. The van der Waals surface area contributed by atoms with Gasteiger partial charge < -0.3 is 14.8 Å². The number of ether oxygens (including phenoxy) is 2. The van der Waals surface area contributed by atoms with E-state index in [9.17, 15) is 9.59 Å². The number of amides is 1. The molecule has 1 unspecified atom stereocenters. The van der Waals surface area contributed by atoms with Gasteiger partial charge in [-0.05, 0) is 30.2 Å². The van der Waals surface area contributed by atoms with E-state index in [4.69, 9.17) is 9.47 Å². The SMILES string of the molecule is CCC(C(=O)Nc1cc(OC)ccc1OC)n1nnc2sc(-c3ccccc3)cc2c1=O. The van der Waals surface area contributed by atoms with Gasteiger partial charge in [-0.2, -0.15) is 4.68 Å². The Morgan fingerprint density at radius 3 is 2.59 bits per heavy atom. The van der Waals surface area contributed by atoms with Gasteiger partial charge in [-0.1, -0.05) is 42.5 Å². The number of hydrogen-bond donors (Lipinski definition) is 1. The minimum absolute atomic E-state index is 0.354. The third-order valence-electron chi connectivity index (χ3n) is 5.09. The first-order chi connectivity index (χ1) is 15.5. The van der Waals surface area contributed by atoms with Gasteiger partial charge in [0, 0.05) is 10.9 Å². The lowest BCUT2D eigenvalue weighted by Crippen LogP contribution is -2.35. The van der Waals surface area contributed by atoms with Crippen molar-refractivity contribution < 1.29 is 14.3 Å². The predicted molar refractivity (Wildman–Crippen MR) is 125 cm³/mol. The summed E-state index contributed by atoms with van der Waals surface area (Å²) in [5, 5.41) is 11.5. The van der Waals surface area contributed by atoms with Crippen LogP contribution in [0.3, 0.4) is 0 Å². The highest BCUT2D eigenvalue weighted by Crippen LogP contribution is 2.31. The van der Waals surface area contributed by atoms with Crippen LogP contribution in [0.15, 0.2) is 59.4 Å². The van der Waals surface area contributed by atoms with Crippen LogP contribution < -0.4 is 20.3 Å². The second-order valence-corrected chi connectivity index (χ2v) is 8.04. The van der Waals surface area contributed by atoms with Gasteiger partial charge in [0.1, 0.15) is 17.5 Å². The highest BCUT2D eigenvalue weighted by atomic mass is 32.1. The molecule has 1 N–H and O–H groups in total. The Hall–Kier alpha value is -3.72. The Bertz CT molecular complexity index is 1320. The van der Waals surface area contributed by atoms with Crippen LogP contribution in [0.2, 0.25) is 0 Å². The van der Waals surface area contributed by atoms with Gasteiger partial charge in [-0.15, -0.1) is 16.4 Å². The van der Waals surface area contributed by atoms with Crippen LogP contribution in [-0.2, 0) is 4.79 Å². The Morgan fingerprint density at radius 2 is 1.91 bits per heavy atom. The van der Waals surface area contributed by atoms with Gasteiger partial charge in [0.05, 0.1) is 25.3 Å². The molecule has 0 aliphatic heterocycles. The molecule has 0 bridgehead atoms. The Labute approximate surface area is 188 Å². The molecular weight excluding hydrogens is 428 g/mol. The number of aromatic nitrogens is 3. The van der Waals surface area contributed by atoms with Gasteiger partial charge in [0.15, 0.2) is 4.83 Å². The van der Waals surface area contributed by atoms with Crippen molar-refractivity contribution in [2.75, 3.05) is 19.5 Å². The number of nitrogens with one attached hydrogen (secondary N) is 1. The molecular formula is C23H22N4O4S. The van der Waals surface area contributed by atoms with E-state index in [1.54, 1.807) is 24.3 Å². The summed E-state index contributed by atoms with van der Waals surface area (Å²) in [7, 11) is 3.05. The van der Waals surface area contributed by atoms with Gasteiger partial charge in [0.25, 0.3) is 5.56 Å². The van der Waals surface area contributed by atoms with Crippen molar-refractivity contribution >= 4 is 33.1 Å². The number of anilines is 1. The molecule has 2 aromatic heterocycles. The molecule has 4 rings (SSSR count). The molecule has 32 heavy (non-hydrogen) atoms. The number of benzene rings is 2. The van der Waals surface area contributed by atoms with Crippen LogP contribution in [0.5, 0.6) is 11.5 Å². The summed E-state index contributed by atoms with van der Waals surface area (Å²) < 4.78 is 11.7. The molecule has 9 heteroatoms. The first-order valence-electron chi connectivity index (χ1n) is 10.0. The van der Waals surface area contributed by atoms with Gasteiger partial charge >= 0.3 is 0 Å². The molecule has 0 aliphatic rings. The van der Waals surface area contributed by atoms with E-state index in [2.05, 4.69) is 15.6 Å². The van der Waals surface area contributed by atoms with Crippen LogP contribution in [0.1, 0.15) is 19.4 Å². The Balaban J connectivity index is 1.68. The first kappa shape index (κ1) is 21.5. The van der Waals surface area contributed by atoms with E-state index in [0.717, 1.165) is 15.1 Å². The maximum atomic E-state index is 13.2. The van der Waals surface area contributed by atoms with Crippen LogP contribution >= 0.6 is 11.3 Å². The average molecular weight is 451 g/mol. The molecule has 0 fully saturated rings. The van der Waals surface area contributed by atoms with E-state index in [1.807, 2.05) is 37.3 Å². The number of methoxy groups -OCH3 is 2. The molecule has 1 atom stereocenters. The molecule has 2 aromatic carbocycles. The van der Waals surface area contributed by atoms with E-state index in [1.165, 1.54) is 25.6 Å². The molecule has 0 saturated carbocycles. The molecule has 0 spiro atoms. The number of hydrogen-bond acceptors (Lipinski definition) is 7. The van der Waals surface area contributed by atoms with Gasteiger partial charge in [-0.25, -0.2) is 0 Å². The first-order valence-corrected chi connectivity index (χ1v) is 10.8. The number of nitrogens with zero attached hydrogens (tertiary/aromatic N) is 3. The minimum atomic E-state index is -0.838. The quantitative estimate of drug-likeness (QED) is 0.455. The maximum Gasteiger partial charge on any atom is 0.279 e. The summed E-state index contributed by atoms with van der Waals surface area (Å²) in [4.78, 5) is 27.7. The molecule has 164 valence electrons. The van der Waals surface area contributed by atoms with Gasteiger partial charge in [0.2, 0.25) is 5.91 Å². The lowest BCUT2D eigenvalue weighted by atomic mass is 10.2. The topological polar surface area (TPSA) is 95.3 Å². The van der Waals surface area contributed by atoms with Gasteiger partial charge in [-0.3, -0.25) is 9.59 Å². The summed E-state index contributed by atoms with van der Waals surface area (Å²) in [6, 6.07) is 15.8. The molecule has 2 heterocycles. The molecule has 1 amide bonds. The standard InChI is InChI=1S/C23H22N4O4S/c1-4-18(21(28)24-17-12-15(30-2)10-11-19(17)31-3)27-23(29)16-13-20(32-22(16)25-26-27)14-8-6-5-7-9-14/h5-13,18H,4H2,1-3H3,(H,24,28). The zero-order valence-electron chi connectivity index (χ0n) is 17.9. The van der Waals surface area contributed by atoms with Crippen molar-refractivity contribution in [2.45, 2.75) is 19.4 Å². The fourth-order valence-electron chi connectivity index (χ4n) is 3.41. The van der Waals surface area contributed by atoms with E-state index >= 15 is 0 Å². The molecule has 8 nitrogen and oxygen atoms in total. The Morgan fingerprint density at radius 1 is 1.12 bits per heavy atom. The minimum Gasteiger partial charge on any atom is -0.497 e. The predicted octanol–water partition coefficient (Wildman–Crippen LogP) is 4.13. The number of rotatable bonds is 7. The third kappa shape index (κ3) is 4.06. The van der Waals surface area contributed by atoms with Crippen LogP contribution in [-0.4, -0.2) is 35.1 Å². The molecule has 0 saturated heterocycles. The average Bonchev–Trinajstić information content (AvgIpc) is 3.27. The van der Waals surface area contributed by atoms with E-state index in [0.29, 0.717) is 33.8 Å². The number of carbonyl (C=O) groups excluding carboxylic acids is 1. The van der Waals surface area contributed by atoms with Crippen molar-refractivity contribution in [3.63, 3.8) is 0 Å². The number of fused-ring (bicyclic) bond motifs is 1. The lowest BCUT2D eigenvalue weighted by molar-refractivity contribution is -0.119. The van der Waals surface area contributed by atoms with Crippen molar-refractivity contribution in [2.24, 2.45) is 0 Å². The number of thiophene rings is 1. The van der Waals surface area contributed by atoms with E-state index in [-0.39, 0.29) is 5.56 Å². The van der Waals surface area contributed by atoms with Crippen molar-refractivity contribution in [1.82, 2.24) is 15.0 Å². The van der Waals surface area contributed by atoms with Crippen molar-refractivity contribution in [1.29, 1.82) is 0 Å². The monoisotopic (exact) mass is 450 g/mol. The zero-order chi connectivity index (χ0) is 22.7. The fraction of sp³-hybridized carbons (Fsp3) is 0.217. The molecule has 0 radical (unpaired) electrons. The highest BCUT2D eigenvalue weighted by Gasteiger charge is 2.24. The largest absolute Gasteiger partial charge is 0.497 e. The molecule has 0 aliphatic carbocycles. The van der Waals surface area contributed by atoms with Crippen molar-refractivity contribution in [3.8, 4) is 21.9 Å². The normalized spacial score (nSPS) is 11.8. The van der Waals surface area contributed by atoms with Crippen LogP contribution in [0, 0.1) is 0 Å². The smallest absolute Gasteiger partial charge is 0.279 e. The third-order valence-corrected chi connectivity index (χ3v) is 6.16. The summed E-state index contributed by atoms with van der Waals surface area (Å²) in [6.07, 6.45) is 0.355. The van der Waals surface area contributed by atoms with E-state index < -0.39 is 11.9 Å². The van der Waals surface area contributed by atoms with Crippen molar-refractivity contribution in [3.05, 3.63) is 65.0 Å². The second kappa shape index (κ2) is 9.19. The Kier molecular flexibility index (Phi) is 6.18. The zero-order valence-corrected chi connectivity index (χ0v) is 18.7. The number of carbonyl (C=O) groups is 1. The lowest BCUT2D eigenvalue weighted by Gasteiger charge is -2.17. The second-order valence-electron chi connectivity index (χ2n) is 7.01. The maximum absolute atomic E-state index is 13.2. The summed E-state index contributed by atoms with van der Waals surface area (Å²) in [5.74, 6) is 0.654.